The van der Waals surface area contributed by atoms with Gasteiger partial charge in [-0.1, -0.05) is 24.3 Å². The van der Waals surface area contributed by atoms with Crippen molar-refractivity contribution in [2.45, 2.75) is 18.4 Å². The van der Waals surface area contributed by atoms with Gasteiger partial charge in [-0.15, -0.1) is 0 Å². The van der Waals surface area contributed by atoms with Crippen LogP contribution >= 0.6 is 0 Å². The Balaban J connectivity index is 1.67. The summed E-state index contributed by atoms with van der Waals surface area (Å²) in [5.74, 6) is 0. The van der Waals surface area contributed by atoms with Crippen molar-refractivity contribution in [2.75, 3.05) is 19.6 Å². The molecule has 1 aliphatic carbocycles. The molecule has 0 unspecified atom stereocenters. The second-order valence-electron chi connectivity index (χ2n) is 5.23. The molecule has 2 aliphatic rings. The third-order valence-corrected chi connectivity index (χ3v) is 3.96. The summed E-state index contributed by atoms with van der Waals surface area (Å²) in [6, 6.07) is 6.85. The number of rotatable bonds is 2. The van der Waals surface area contributed by atoms with Gasteiger partial charge in [0.2, 0.25) is 0 Å². The number of amides is 4. The number of aliphatic hydroxyl groups is 1. The number of imide groups is 1. The summed E-state index contributed by atoms with van der Waals surface area (Å²) in [6.07, 6.45) is 1.38. The van der Waals surface area contributed by atoms with E-state index in [0.717, 1.165) is 22.4 Å². The summed E-state index contributed by atoms with van der Waals surface area (Å²) in [5.41, 5.74) is 0.942. The van der Waals surface area contributed by atoms with Gasteiger partial charge in [-0.2, -0.15) is 0 Å². The topological polar surface area (TPSA) is 81.7 Å². The van der Waals surface area contributed by atoms with Gasteiger partial charge in [0.25, 0.3) is 0 Å². The lowest BCUT2D eigenvalue weighted by atomic mass is 9.96. The number of fused-ring (bicyclic) bond motifs is 1. The highest BCUT2D eigenvalue weighted by Crippen LogP contribution is 2.36. The van der Waals surface area contributed by atoms with Crippen LogP contribution in [0.15, 0.2) is 24.3 Å². The van der Waals surface area contributed by atoms with Gasteiger partial charge in [0.15, 0.2) is 0 Å². The lowest BCUT2D eigenvalue weighted by Crippen LogP contribution is -2.47. The summed E-state index contributed by atoms with van der Waals surface area (Å²) in [5, 5.41) is 15.9. The summed E-state index contributed by atoms with van der Waals surface area (Å²) in [4.78, 5) is 24.4. The molecule has 1 fully saturated rings. The van der Waals surface area contributed by atoms with Gasteiger partial charge < -0.3 is 15.7 Å². The van der Waals surface area contributed by atoms with E-state index in [2.05, 4.69) is 10.6 Å². The highest BCUT2D eigenvalue weighted by atomic mass is 16.3. The first-order chi connectivity index (χ1) is 9.60. The third kappa shape index (κ3) is 2.12. The zero-order chi connectivity index (χ0) is 14.2. The normalized spacial score (nSPS) is 24.4. The molecule has 6 heteroatoms. The quantitative estimate of drug-likeness (QED) is 0.737. The second kappa shape index (κ2) is 4.79. The van der Waals surface area contributed by atoms with Crippen molar-refractivity contribution >= 4 is 12.1 Å². The highest BCUT2D eigenvalue weighted by Gasteiger charge is 2.37. The standard InChI is InChI=1S/C14H17N3O3/c18-12-15-7-8-17(12)13(19)16-9-14(20)6-5-10-3-1-2-4-11(10)14/h1-4,20H,5-9H2,(H,15,18)(H,16,19)/t14-/m1/s1. The SMILES string of the molecule is O=C1NCCN1C(=O)NC[C@]1(O)CCc2ccccc21. The molecule has 1 aromatic rings. The minimum absolute atomic E-state index is 0.118. The van der Waals surface area contributed by atoms with Crippen LogP contribution in [0.3, 0.4) is 0 Å². The smallest absolute Gasteiger partial charge is 0.325 e. The van der Waals surface area contributed by atoms with Crippen molar-refractivity contribution < 1.29 is 14.7 Å². The number of aryl methyl sites for hydroxylation is 1. The number of carbonyl (C=O) groups excluding carboxylic acids is 2. The van der Waals surface area contributed by atoms with Gasteiger partial charge in [-0.05, 0) is 24.0 Å². The first-order valence-electron chi connectivity index (χ1n) is 6.74. The Morgan fingerprint density at radius 2 is 2.25 bits per heavy atom. The Bertz CT molecular complexity index is 560. The van der Waals surface area contributed by atoms with Crippen LogP contribution in [0.2, 0.25) is 0 Å². The zero-order valence-corrected chi connectivity index (χ0v) is 11.1. The maximum Gasteiger partial charge on any atom is 0.325 e. The molecule has 0 spiro atoms. The monoisotopic (exact) mass is 275 g/mol. The van der Waals surface area contributed by atoms with E-state index >= 15 is 0 Å². The summed E-state index contributed by atoms with van der Waals surface area (Å²) in [6.45, 7) is 0.950. The molecule has 6 nitrogen and oxygen atoms in total. The Kier molecular flexibility index (Phi) is 3.10. The first-order valence-corrected chi connectivity index (χ1v) is 6.74. The molecule has 1 aromatic carbocycles. The number of hydrogen-bond acceptors (Lipinski definition) is 3. The molecule has 3 rings (SSSR count). The molecular weight excluding hydrogens is 258 g/mol. The first kappa shape index (κ1) is 12.9. The van der Waals surface area contributed by atoms with Gasteiger partial charge in [0.05, 0.1) is 6.54 Å². The molecule has 1 heterocycles. The van der Waals surface area contributed by atoms with Crippen molar-refractivity contribution in [1.82, 2.24) is 15.5 Å². The summed E-state index contributed by atoms with van der Waals surface area (Å²) >= 11 is 0. The van der Waals surface area contributed by atoms with Crippen LogP contribution < -0.4 is 10.6 Å². The fourth-order valence-corrected chi connectivity index (χ4v) is 2.83. The maximum absolute atomic E-state index is 11.9. The van der Waals surface area contributed by atoms with Crippen molar-refractivity contribution in [3.05, 3.63) is 35.4 Å². The van der Waals surface area contributed by atoms with E-state index in [1.807, 2.05) is 24.3 Å². The zero-order valence-electron chi connectivity index (χ0n) is 11.1. The molecule has 1 aliphatic heterocycles. The fourth-order valence-electron chi connectivity index (χ4n) is 2.83. The number of benzene rings is 1. The molecule has 0 bridgehead atoms. The Labute approximate surface area is 116 Å². The number of nitrogens with zero attached hydrogens (tertiary/aromatic N) is 1. The predicted molar refractivity (Wildman–Crippen MR) is 72.2 cm³/mol. The molecule has 106 valence electrons. The summed E-state index contributed by atoms with van der Waals surface area (Å²) < 4.78 is 0. The summed E-state index contributed by atoms with van der Waals surface area (Å²) in [7, 11) is 0. The van der Waals surface area contributed by atoms with Gasteiger partial charge in [-0.25, -0.2) is 14.5 Å². The molecule has 0 saturated carbocycles. The van der Waals surface area contributed by atoms with E-state index in [1.165, 1.54) is 0 Å². The van der Waals surface area contributed by atoms with Crippen LogP contribution in [0.1, 0.15) is 17.5 Å². The van der Waals surface area contributed by atoms with Crippen molar-refractivity contribution in [1.29, 1.82) is 0 Å². The van der Waals surface area contributed by atoms with Crippen LogP contribution in [0.5, 0.6) is 0 Å². The Hall–Kier alpha value is -2.08. The fraction of sp³-hybridized carbons (Fsp3) is 0.429. The highest BCUT2D eigenvalue weighted by molar-refractivity contribution is 5.94. The second-order valence-corrected chi connectivity index (χ2v) is 5.23. The Morgan fingerprint density at radius 1 is 1.45 bits per heavy atom. The van der Waals surface area contributed by atoms with Crippen LogP contribution in [-0.2, 0) is 12.0 Å². The predicted octanol–water partition coefficient (Wildman–Crippen LogP) is 0.555. The van der Waals surface area contributed by atoms with Crippen LogP contribution in [0.4, 0.5) is 9.59 Å². The molecule has 1 atom stereocenters. The van der Waals surface area contributed by atoms with Crippen molar-refractivity contribution in [3.63, 3.8) is 0 Å². The van der Waals surface area contributed by atoms with Gasteiger partial charge in [-0.3, -0.25) is 0 Å². The van der Waals surface area contributed by atoms with Crippen LogP contribution in [-0.4, -0.2) is 41.7 Å². The molecule has 0 aromatic heterocycles. The van der Waals surface area contributed by atoms with Gasteiger partial charge in [0, 0.05) is 13.1 Å². The molecular formula is C14H17N3O3. The molecule has 3 N–H and O–H groups in total. The van der Waals surface area contributed by atoms with E-state index in [4.69, 9.17) is 0 Å². The molecule has 4 amide bonds. The largest absolute Gasteiger partial charge is 0.383 e. The average Bonchev–Trinajstić information content (AvgIpc) is 3.02. The number of urea groups is 2. The third-order valence-electron chi connectivity index (χ3n) is 3.96. The minimum atomic E-state index is -1.04. The van der Waals surface area contributed by atoms with E-state index in [0.29, 0.717) is 19.5 Å². The van der Waals surface area contributed by atoms with Crippen LogP contribution in [0, 0.1) is 0 Å². The van der Waals surface area contributed by atoms with E-state index < -0.39 is 11.6 Å². The molecule has 1 saturated heterocycles. The van der Waals surface area contributed by atoms with E-state index in [-0.39, 0.29) is 12.6 Å². The lowest BCUT2D eigenvalue weighted by Gasteiger charge is -2.25. The maximum atomic E-state index is 11.9. The van der Waals surface area contributed by atoms with E-state index in [9.17, 15) is 14.7 Å². The number of nitrogens with one attached hydrogen (secondary N) is 2. The average molecular weight is 275 g/mol. The van der Waals surface area contributed by atoms with Gasteiger partial charge >= 0.3 is 12.1 Å². The lowest BCUT2D eigenvalue weighted by molar-refractivity contribution is 0.0403. The molecule has 20 heavy (non-hydrogen) atoms. The Morgan fingerprint density at radius 3 is 3.00 bits per heavy atom. The van der Waals surface area contributed by atoms with Crippen molar-refractivity contribution in [2.24, 2.45) is 0 Å². The van der Waals surface area contributed by atoms with E-state index in [1.54, 1.807) is 0 Å². The molecule has 0 radical (unpaired) electrons. The number of carbonyl (C=O) groups is 2. The van der Waals surface area contributed by atoms with Crippen LogP contribution in [0.25, 0.3) is 0 Å². The van der Waals surface area contributed by atoms with Gasteiger partial charge in [0.1, 0.15) is 5.60 Å². The minimum Gasteiger partial charge on any atom is -0.383 e. The van der Waals surface area contributed by atoms with Crippen molar-refractivity contribution in [3.8, 4) is 0 Å². The number of hydrogen-bond donors (Lipinski definition) is 3.